The highest BCUT2D eigenvalue weighted by Gasteiger charge is 2.12. The van der Waals surface area contributed by atoms with Crippen LogP contribution in [0.1, 0.15) is 17.3 Å². The van der Waals surface area contributed by atoms with Gasteiger partial charge in [0, 0.05) is 17.2 Å². The fourth-order valence-electron chi connectivity index (χ4n) is 2.13. The summed E-state index contributed by atoms with van der Waals surface area (Å²) in [4.78, 5) is 25.2. The van der Waals surface area contributed by atoms with Crippen molar-refractivity contribution in [2.75, 3.05) is 25.4 Å². The lowest BCUT2D eigenvalue weighted by Crippen LogP contribution is -2.37. The second-order valence-electron chi connectivity index (χ2n) is 5.12. The molecule has 2 aromatic carbocycles. The fourth-order valence-corrected chi connectivity index (χ4v) is 2.92. The van der Waals surface area contributed by atoms with Crippen LogP contribution >= 0.6 is 11.8 Å². The normalized spacial score (nSPS) is 10.1. The molecule has 0 aliphatic carbocycles. The minimum absolute atomic E-state index is 0.0602. The summed E-state index contributed by atoms with van der Waals surface area (Å²) in [7, 11) is 0. The molecule has 0 fully saturated rings. The number of amides is 2. The van der Waals surface area contributed by atoms with Crippen molar-refractivity contribution in [2.24, 2.45) is 0 Å². The highest BCUT2D eigenvalue weighted by molar-refractivity contribution is 7.99. The third-order valence-electron chi connectivity index (χ3n) is 3.28. The molecule has 5 nitrogen and oxygen atoms in total. The zero-order chi connectivity index (χ0) is 17.9. The minimum atomic E-state index is -0.321. The predicted molar refractivity (Wildman–Crippen MR) is 100 cm³/mol. The highest BCUT2D eigenvalue weighted by Crippen LogP contribution is 2.17. The third-order valence-corrected chi connectivity index (χ3v) is 4.29. The molecule has 0 atom stereocenters. The summed E-state index contributed by atoms with van der Waals surface area (Å²) in [5.41, 5.74) is 0.428. The number of ether oxygens (including phenoxy) is 1. The second kappa shape index (κ2) is 10.4. The average Bonchev–Trinajstić information content (AvgIpc) is 2.65. The smallest absolute Gasteiger partial charge is 0.255 e. The Morgan fingerprint density at radius 1 is 1.00 bits per heavy atom. The molecular formula is C19H22N2O3S. The van der Waals surface area contributed by atoms with E-state index < -0.39 is 0 Å². The lowest BCUT2D eigenvalue weighted by molar-refractivity contribution is -0.120. The summed E-state index contributed by atoms with van der Waals surface area (Å²) in [6, 6.07) is 17.0. The Labute approximate surface area is 152 Å². The van der Waals surface area contributed by atoms with Gasteiger partial charge in [0.2, 0.25) is 5.91 Å². The second-order valence-corrected chi connectivity index (χ2v) is 6.29. The first-order valence-corrected chi connectivity index (χ1v) is 9.14. The predicted octanol–water partition coefficient (Wildman–Crippen LogP) is 2.72. The number of hydrogen-bond acceptors (Lipinski definition) is 4. The van der Waals surface area contributed by atoms with Crippen LogP contribution in [-0.4, -0.2) is 37.3 Å². The van der Waals surface area contributed by atoms with Gasteiger partial charge in [-0.05, 0) is 31.2 Å². The third kappa shape index (κ3) is 6.51. The van der Waals surface area contributed by atoms with Crippen LogP contribution in [0.25, 0.3) is 0 Å². The average molecular weight is 358 g/mol. The first-order chi connectivity index (χ1) is 12.2. The van der Waals surface area contributed by atoms with Crippen LogP contribution in [0.2, 0.25) is 0 Å². The highest BCUT2D eigenvalue weighted by atomic mass is 32.2. The number of para-hydroxylation sites is 1. The van der Waals surface area contributed by atoms with Crippen molar-refractivity contribution in [3.63, 3.8) is 0 Å². The summed E-state index contributed by atoms with van der Waals surface area (Å²) < 4.78 is 5.42. The van der Waals surface area contributed by atoms with E-state index in [1.54, 1.807) is 36.0 Å². The van der Waals surface area contributed by atoms with Gasteiger partial charge in [-0.25, -0.2) is 0 Å². The fraction of sp³-hybridized carbons (Fsp3) is 0.263. The Kier molecular flexibility index (Phi) is 7.85. The van der Waals surface area contributed by atoms with Gasteiger partial charge in [0.15, 0.2) is 0 Å². The molecular weight excluding hydrogens is 336 g/mol. The van der Waals surface area contributed by atoms with Crippen LogP contribution < -0.4 is 15.4 Å². The van der Waals surface area contributed by atoms with Crippen LogP contribution in [0.5, 0.6) is 5.75 Å². The number of nitrogens with one attached hydrogen (secondary N) is 2. The topological polar surface area (TPSA) is 67.4 Å². The Morgan fingerprint density at radius 3 is 2.48 bits per heavy atom. The van der Waals surface area contributed by atoms with Crippen molar-refractivity contribution in [3.05, 3.63) is 60.2 Å². The number of carbonyl (C=O) groups is 2. The first-order valence-electron chi connectivity index (χ1n) is 8.15. The maximum atomic E-state index is 12.2. The Morgan fingerprint density at radius 2 is 1.72 bits per heavy atom. The van der Waals surface area contributed by atoms with E-state index in [4.69, 9.17) is 4.74 Å². The van der Waals surface area contributed by atoms with E-state index in [0.717, 1.165) is 10.6 Å². The SMILES string of the molecule is CCOc1ccccc1C(=O)NCC(=O)NCCSc1ccccc1. The molecule has 0 bridgehead atoms. The summed E-state index contributed by atoms with van der Waals surface area (Å²) >= 11 is 1.67. The van der Waals surface area contributed by atoms with E-state index >= 15 is 0 Å². The van der Waals surface area contributed by atoms with E-state index in [-0.39, 0.29) is 18.4 Å². The molecule has 0 aliphatic rings. The lowest BCUT2D eigenvalue weighted by atomic mass is 10.2. The molecule has 0 aromatic heterocycles. The number of hydrogen-bond donors (Lipinski definition) is 2. The molecule has 0 spiro atoms. The van der Waals surface area contributed by atoms with Gasteiger partial charge in [0.25, 0.3) is 5.91 Å². The van der Waals surface area contributed by atoms with Crippen molar-refractivity contribution < 1.29 is 14.3 Å². The molecule has 25 heavy (non-hydrogen) atoms. The van der Waals surface area contributed by atoms with Gasteiger partial charge < -0.3 is 15.4 Å². The van der Waals surface area contributed by atoms with Gasteiger partial charge >= 0.3 is 0 Å². The summed E-state index contributed by atoms with van der Waals surface area (Å²) in [5.74, 6) is 0.757. The quantitative estimate of drug-likeness (QED) is 0.534. The van der Waals surface area contributed by atoms with Gasteiger partial charge in [-0.1, -0.05) is 30.3 Å². The number of benzene rings is 2. The molecule has 2 rings (SSSR count). The molecule has 2 N–H and O–H groups in total. The molecule has 0 heterocycles. The van der Waals surface area contributed by atoms with Crippen molar-refractivity contribution >= 4 is 23.6 Å². The number of rotatable bonds is 9. The van der Waals surface area contributed by atoms with Crippen LogP contribution in [-0.2, 0) is 4.79 Å². The van der Waals surface area contributed by atoms with E-state index in [2.05, 4.69) is 10.6 Å². The maximum absolute atomic E-state index is 12.2. The zero-order valence-electron chi connectivity index (χ0n) is 14.2. The van der Waals surface area contributed by atoms with E-state index in [1.165, 1.54) is 0 Å². The maximum Gasteiger partial charge on any atom is 0.255 e. The molecule has 0 radical (unpaired) electrons. The minimum Gasteiger partial charge on any atom is -0.493 e. The molecule has 2 amide bonds. The number of carbonyl (C=O) groups excluding carboxylic acids is 2. The van der Waals surface area contributed by atoms with E-state index in [1.807, 2.05) is 37.3 Å². The van der Waals surface area contributed by atoms with Crippen LogP contribution in [0.15, 0.2) is 59.5 Å². The largest absolute Gasteiger partial charge is 0.493 e. The van der Waals surface area contributed by atoms with Gasteiger partial charge in [-0.15, -0.1) is 11.8 Å². The summed E-state index contributed by atoms with van der Waals surface area (Å²) in [6.45, 7) is 2.82. The standard InChI is InChI=1S/C19H22N2O3S/c1-2-24-17-11-7-6-10-16(17)19(23)21-14-18(22)20-12-13-25-15-8-4-3-5-9-15/h3-11H,2,12-14H2,1H3,(H,20,22)(H,21,23). The van der Waals surface area contributed by atoms with Crippen LogP contribution in [0.4, 0.5) is 0 Å². The zero-order valence-corrected chi connectivity index (χ0v) is 15.0. The van der Waals surface area contributed by atoms with Crippen LogP contribution in [0, 0.1) is 0 Å². The Balaban J connectivity index is 1.70. The summed E-state index contributed by atoms with van der Waals surface area (Å²) in [6.07, 6.45) is 0. The molecule has 0 unspecified atom stereocenters. The molecule has 2 aromatic rings. The lowest BCUT2D eigenvalue weighted by Gasteiger charge is -2.10. The molecule has 0 saturated heterocycles. The van der Waals surface area contributed by atoms with Crippen molar-refractivity contribution in [1.82, 2.24) is 10.6 Å². The Hall–Kier alpha value is -2.47. The van der Waals surface area contributed by atoms with Crippen molar-refractivity contribution in [2.45, 2.75) is 11.8 Å². The van der Waals surface area contributed by atoms with Crippen molar-refractivity contribution in [1.29, 1.82) is 0 Å². The van der Waals surface area contributed by atoms with E-state index in [9.17, 15) is 9.59 Å². The summed E-state index contributed by atoms with van der Waals surface area (Å²) in [5, 5.41) is 5.41. The molecule has 0 saturated carbocycles. The molecule has 6 heteroatoms. The van der Waals surface area contributed by atoms with Gasteiger partial charge in [0.05, 0.1) is 18.7 Å². The van der Waals surface area contributed by atoms with Gasteiger partial charge in [0.1, 0.15) is 5.75 Å². The number of thioether (sulfide) groups is 1. The molecule has 132 valence electrons. The first kappa shape index (κ1) is 18.9. The van der Waals surface area contributed by atoms with Gasteiger partial charge in [-0.3, -0.25) is 9.59 Å². The van der Waals surface area contributed by atoms with Crippen molar-refractivity contribution in [3.8, 4) is 5.75 Å². The monoisotopic (exact) mass is 358 g/mol. The molecule has 0 aliphatic heterocycles. The van der Waals surface area contributed by atoms with Crippen LogP contribution in [0.3, 0.4) is 0 Å². The Bertz CT molecular complexity index is 692. The van der Waals surface area contributed by atoms with E-state index in [0.29, 0.717) is 24.5 Å². The van der Waals surface area contributed by atoms with Gasteiger partial charge in [-0.2, -0.15) is 0 Å².